The van der Waals surface area contributed by atoms with Crippen molar-refractivity contribution in [3.05, 3.63) is 130 Å². The molecule has 9 heteroatoms. The minimum absolute atomic E-state index is 0.0649. The maximum absolute atomic E-state index is 14.3. The summed E-state index contributed by atoms with van der Waals surface area (Å²) in [7, 11) is -2.62. The second kappa shape index (κ2) is 13.7. The van der Waals surface area contributed by atoms with E-state index in [0.717, 1.165) is 21.0 Å². The van der Waals surface area contributed by atoms with Crippen molar-refractivity contribution in [1.82, 2.24) is 10.2 Å². The lowest BCUT2D eigenvalue weighted by atomic mass is 10.0. The number of halogens is 1. The highest BCUT2D eigenvalue weighted by Gasteiger charge is 2.34. The van der Waals surface area contributed by atoms with Crippen molar-refractivity contribution < 1.29 is 18.0 Å². The minimum Gasteiger partial charge on any atom is -0.357 e. The van der Waals surface area contributed by atoms with E-state index in [9.17, 15) is 18.0 Å². The van der Waals surface area contributed by atoms with Gasteiger partial charge in [0.15, 0.2) is 0 Å². The fourth-order valence-corrected chi connectivity index (χ4v) is 6.35. The van der Waals surface area contributed by atoms with Crippen molar-refractivity contribution >= 4 is 39.1 Å². The Bertz CT molecular complexity index is 1630. The number of nitrogens with zero attached hydrogens (tertiary/aromatic N) is 2. The Morgan fingerprint density at radius 3 is 2.07 bits per heavy atom. The monoisotopic (exact) mass is 603 g/mol. The Balaban J connectivity index is 1.81. The lowest BCUT2D eigenvalue weighted by Gasteiger charge is -2.34. The van der Waals surface area contributed by atoms with E-state index in [1.165, 1.54) is 24.1 Å². The maximum Gasteiger partial charge on any atom is 0.264 e. The molecule has 2 amide bonds. The summed E-state index contributed by atoms with van der Waals surface area (Å²) < 4.78 is 29.3. The normalized spacial score (nSPS) is 11.9. The van der Waals surface area contributed by atoms with Gasteiger partial charge in [0.2, 0.25) is 11.8 Å². The molecule has 4 rings (SSSR count). The average Bonchev–Trinajstić information content (AvgIpc) is 3.00. The molecule has 4 aromatic carbocycles. The summed E-state index contributed by atoms with van der Waals surface area (Å²) in [6.45, 7) is 3.25. The van der Waals surface area contributed by atoms with Gasteiger partial charge in [-0.2, -0.15) is 0 Å². The Labute approximate surface area is 252 Å². The van der Waals surface area contributed by atoms with Crippen LogP contribution >= 0.6 is 11.6 Å². The molecular weight excluding hydrogens is 570 g/mol. The second-order valence-electron chi connectivity index (χ2n) is 10.1. The van der Waals surface area contributed by atoms with Crippen molar-refractivity contribution in [1.29, 1.82) is 0 Å². The van der Waals surface area contributed by atoms with Gasteiger partial charge in [-0.1, -0.05) is 84.4 Å². The predicted molar refractivity (Wildman–Crippen MR) is 167 cm³/mol. The van der Waals surface area contributed by atoms with Gasteiger partial charge < -0.3 is 10.2 Å². The smallest absolute Gasteiger partial charge is 0.264 e. The maximum atomic E-state index is 14.3. The molecule has 42 heavy (non-hydrogen) atoms. The number of rotatable bonds is 11. The number of nitrogens with one attached hydrogen (secondary N) is 1. The number of aryl methyl sites for hydroxylation is 2. The van der Waals surface area contributed by atoms with Gasteiger partial charge in [-0.15, -0.1) is 0 Å². The van der Waals surface area contributed by atoms with Gasteiger partial charge in [0.05, 0.1) is 10.6 Å². The van der Waals surface area contributed by atoms with Crippen LogP contribution in [0.2, 0.25) is 5.02 Å². The van der Waals surface area contributed by atoms with Gasteiger partial charge in [0.1, 0.15) is 12.6 Å². The summed E-state index contributed by atoms with van der Waals surface area (Å²) in [6.07, 6.45) is 0.245. The molecule has 218 valence electrons. The largest absolute Gasteiger partial charge is 0.357 e. The third-order valence-corrected chi connectivity index (χ3v) is 9.05. The Morgan fingerprint density at radius 2 is 1.45 bits per heavy atom. The molecule has 4 aromatic rings. The molecule has 0 fully saturated rings. The zero-order chi connectivity index (χ0) is 30.3. The van der Waals surface area contributed by atoms with Crippen LogP contribution in [-0.4, -0.2) is 44.8 Å². The number of likely N-dealkylation sites (N-methyl/N-ethyl adjacent to an activating group) is 1. The number of hydrogen-bond acceptors (Lipinski definition) is 4. The summed E-state index contributed by atoms with van der Waals surface area (Å²) in [5.74, 6) is -0.875. The molecular formula is C33H34ClN3O4S. The predicted octanol–water partition coefficient (Wildman–Crippen LogP) is 5.54. The quantitative estimate of drug-likeness (QED) is 0.244. The van der Waals surface area contributed by atoms with Crippen LogP contribution in [0.25, 0.3) is 0 Å². The molecule has 0 aromatic heterocycles. The number of carbonyl (C=O) groups is 2. The van der Waals surface area contributed by atoms with E-state index in [2.05, 4.69) is 5.32 Å². The van der Waals surface area contributed by atoms with Gasteiger partial charge in [0.25, 0.3) is 10.0 Å². The van der Waals surface area contributed by atoms with E-state index in [1.54, 1.807) is 55.5 Å². The number of carbonyl (C=O) groups excluding carboxylic acids is 2. The van der Waals surface area contributed by atoms with E-state index >= 15 is 0 Å². The third-order valence-electron chi connectivity index (χ3n) is 7.03. The molecule has 0 bridgehead atoms. The van der Waals surface area contributed by atoms with Crippen LogP contribution in [0, 0.1) is 13.8 Å². The number of anilines is 1. The van der Waals surface area contributed by atoms with Crippen molar-refractivity contribution in [2.75, 3.05) is 17.9 Å². The molecule has 0 aliphatic carbocycles. The highest BCUT2D eigenvalue weighted by molar-refractivity contribution is 7.92. The van der Waals surface area contributed by atoms with E-state index in [1.807, 2.05) is 49.4 Å². The van der Waals surface area contributed by atoms with Crippen molar-refractivity contribution in [2.24, 2.45) is 0 Å². The standard InChI is InChI=1S/C33H34ClN3O4S/c1-24-14-15-25(2)30(20-24)37(42(40,41)29-12-8-5-9-13-29)23-32(38)36(22-27-16-18-28(34)19-17-27)31(33(39)35-3)21-26-10-6-4-7-11-26/h4-20,31H,21-23H2,1-3H3,(H,35,39)/t31-/m0/s1. The molecule has 0 saturated heterocycles. The van der Waals surface area contributed by atoms with Gasteiger partial charge in [-0.25, -0.2) is 8.42 Å². The summed E-state index contributed by atoms with van der Waals surface area (Å²) in [6, 6.07) is 29.0. The highest BCUT2D eigenvalue weighted by Crippen LogP contribution is 2.29. The van der Waals surface area contributed by atoms with Gasteiger partial charge in [-0.3, -0.25) is 13.9 Å². The average molecular weight is 604 g/mol. The first-order valence-electron chi connectivity index (χ1n) is 13.5. The van der Waals surface area contributed by atoms with Crippen molar-refractivity contribution in [3.63, 3.8) is 0 Å². The van der Waals surface area contributed by atoms with Crippen molar-refractivity contribution in [2.45, 2.75) is 37.8 Å². The van der Waals surface area contributed by atoms with E-state index in [0.29, 0.717) is 16.3 Å². The van der Waals surface area contributed by atoms with E-state index in [-0.39, 0.29) is 23.8 Å². The van der Waals surface area contributed by atoms with Crippen LogP contribution < -0.4 is 9.62 Å². The minimum atomic E-state index is -4.14. The Hall–Kier alpha value is -4.14. The molecule has 1 atom stereocenters. The molecule has 0 saturated carbocycles. The fourth-order valence-electron chi connectivity index (χ4n) is 4.73. The first-order chi connectivity index (χ1) is 20.1. The van der Waals surface area contributed by atoms with E-state index in [4.69, 9.17) is 11.6 Å². The molecule has 0 aliphatic rings. The first kappa shape index (κ1) is 30.8. The highest BCUT2D eigenvalue weighted by atomic mass is 35.5. The van der Waals surface area contributed by atoms with Crippen LogP contribution in [0.15, 0.2) is 108 Å². The SMILES string of the molecule is CNC(=O)[C@H](Cc1ccccc1)N(Cc1ccc(Cl)cc1)C(=O)CN(c1cc(C)ccc1C)S(=O)(=O)c1ccccc1. The number of hydrogen-bond donors (Lipinski definition) is 1. The summed E-state index contributed by atoms with van der Waals surface area (Å²) >= 11 is 6.11. The van der Waals surface area contributed by atoms with E-state index < -0.39 is 28.5 Å². The summed E-state index contributed by atoms with van der Waals surface area (Å²) in [4.78, 5) is 29.2. The Kier molecular flexibility index (Phi) is 10.0. The molecule has 0 aliphatic heterocycles. The summed E-state index contributed by atoms with van der Waals surface area (Å²) in [5, 5.41) is 3.23. The molecule has 0 unspecified atom stereocenters. The molecule has 7 nitrogen and oxygen atoms in total. The van der Waals surface area contributed by atoms with Gasteiger partial charge in [-0.05, 0) is 66.4 Å². The molecule has 0 radical (unpaired) electrons. The number of amides is 2. The fraction of sp³-hybridized carbons (Fsp3) is 0.212. The zero-order valence-corrected chi connectivity index (χ0v) is 25.4. The summed E-state index contributed by atoms with van der Waals surface area (Å²) in [5.41, 5.74) is 3.56. The van der Waals surface area contributed by atoms with Crippen molar-refractivity contribution in [3.8, 4) is 0 Å². The van der Waals surface area contributed by atoms with Gasteiger partial charge >= 0.3 is 0 Å². The van der Waals surface area contributed by atoms with Gasteiger partial charge in [0, 0.05) is 25.0 Å². The van der Waals surface area contributed by atoms with Crippen LogP contribution in [-0.2, 0) is 32.6 Å². The van der Waals surface area contributed by atoms with Crippen LogP contribution in [0.1, 0.15) is 22.3 Å². The van der Waals surface area contributed by atoms with Crippen LogP contribution in [0.4, 0.5) is 5.69 Å². The van der Waals surface area contributed by atoms with Crippen LogP contribution in [0.3, 0.4) is 0 Å². The third kappa shape index (κ3) is 7.38. The molecule has 1 N–H and O–H groups in total. The molecule has 0 spiro atoms. The lowest BCUT2D eigenvalue weighted by Crippen LogP contribution is -2.53. The van der Waals surface area contributed by atoms with Crippen LogP contribution in [0.5, 0.6) is 0 Å². The lowest BCUT2D eigenvalue weighted by molar-refractivity contribution is -0.139. The topological polar surface area (TPSA) is 86.8 Å². The first-order valence-corrected chi connectivity index (χ1v) is 15.4. The molecule has 0 heterocycles. The number of sulfonamides is 1. The number of benzene rings is 4. The Morgan fingerprint density at radius 1 is 0.833 bits per heavy atom. The second-order valence-corrected chi connectivity index (χ2v) is 12.4. The zero-order valence-electron chi connectivity index (χ0n) is 23.8.